The molecule has 3 atom stereocenters. The van der Waals surface area contributed by atoms with Gasteiger partial charge in [-0.3, -0.25) is 33.8 Å². The number of carboxylic acids is 1. The number of nitrogens with two attached hydrogens (primary N) is 2. The highest BCUT2D eigenvalue weighted by atomic mass is 16.4. The molecule has 5 amide bonds. The molecule has 1 aliphatic rings. The number of carbonyl (C=O) groups excluding carboxylic acids is 5. The fourth-order valence-electron chi connectivity index (χ4n) is 3.90. The van der Waals surface area contributed by atoms with Crippen LogP contribution in [0.25, 0.3) is 0 Å². The van der Waals surface area contributed by atoms with Crippen LogP contribution in [0.15, 0.2) is 21.5 Å². The normalized spacial score (nSPS) is 21.4. The van der Waals surface area contributed by atoms with E-state index in [0.717, 1.165) is 0 Å². The Hall–Kier alpha value is -4.63. The molecular weight excluding hydrogens is 528 g/mol. The van der Waals surface area contributed by atoms with Gasteiger partial charge in [0.2, 0.25) is 23.6 Å². The highest BCUT2D eigenvalue weighted by Gasteiger charge is 2.34. The van der Waals surface area contributed by atoms with Gasteiger partial charge in [0.15, 0.2) is 11.7 Å². The largest absolute Gasteiger partial charge is 0.481 e. The molecule has 0 spiro atoms. The van der Waals surface area contributed by atoms with Crippen molar-refractivity contribution in [3.63, 3.8) is 0 Å². The third kappa shape index (κ3) is 9.28. The summed E-state index contributed by atoms with van der Waals surface area (Å²) < 4.78 is 5.49. The zero-order valence-corrected chi connectivity index (χ0v) is 22.6. The first-order valence-corrected chi connectivity index (χ1v) is 12.6. The monoisotopic (exact) mass is 564 g/mol. The average Bonchev–Trinajstić information content (AvgIpc) is 3.36. The molecule has 0 fully saturated rings. The van der Waals surface area contributed by atoms with Crippen molar-refractivity contribution >= 4 is 41.5 Å². The first kappa shape index (κ1) is 31.6. The SMILES string of the molecule is CC(C)[C@@H]1NC(=O)c2ccc(o2)CNC(=O)[C@H](CC(=O)O)NC(=O)CNC(=O)[C@H](CCCN=C(N)N)N(C)C1=O. The fraction of sp³-hybridized carbons (Fsp3) is 0.542. The van der Waals surface area contributed by atoms with E-state index in [4.69, 9.17) is 15.9 Å². The summed E-state index contributed by atoms with van der Waals surface area (Å²) in [6.45, 7) is 2.81. The first-order valence-electron chi connectivity index (χ1n) is 12.6. The number of carboxylic acid groups (broad SMARTS) is 1. The molecule has 0 aromatic carbocycles. The van der Waals surface area contributed by atoms with Crippen LogP contribution in [0.5, 0.6) is 0 Å². The van der Waals surface area contributed by atoms with Crippen molar-refractivity contribution in [2.75, 3.05) is 20.1 Å². The zero-order chi connectivity index (χ0) is 30.0. The molecular formula is C24H36N8O8. The number of aliphatic carboxylic acids is 1. The Balaban J connectivity index is 2.40. The Morgan fingerprint density at radius 2 is 1.77 bits per heavy atom. The predicted molar refractivity (Wildman–Crippen MR) is 140 cm³/mol. The standard InChI is InChI=1S/C24H36N8O8/c1-12(2)19-23(39)32(3)15(5-4-8-27-24(25)26)21(37)29-11-17(33)30-14(9-18(34)35)20(36)28-10-13-6-7-16(40-13)22(38)31-19/h6-7,12,14-15,19H,4-5,8-11H2,1-3H3,(H,28,36)(H,29,37)(H,30,33)(H,31,38)(H,34,35)(H4,25,26,27)/t14-,15-,19-/m0/s1. The van der Waals surface area contributed by atoms with Crippen LogP contribution in [0.3, 0.4) is 0 Å². The molecule has 0 radical (unpaired) electrons. The fourth-order valence-corrected chi connectivity index (χ4v) is 3.90. The lowest BCUT2D eigenvalue weighted by Crippen LogP contribution is -2.57. The number of guanidine groups is 1. The van der Waals surface area contributed by atoms with Crippen LogP contribution in [0.4, 0.5) is 0 Å². The molecule has 9 N–H and O–H groups in total. The van der Waals surface area contributed by atoms with Gasteiger partial charge in [0.1, 0.15) is 23.9 Å². The number of aliphatic imine (C=N–C) groups is 1. The third-order valence-corrected chi connectivity index (χ3v) is 6.04. The number of likely N-dealkylation sites (N-methyl/N-ethyl adjacent to an activating group) is 1. The van der Waals surface area contributed by atoms with Gasteiger partial charge in [0.05, 0.1) is 19.5 Å². The molecule has 16 nitrogen and oxygen atoms in total. The van der Waals surface area contributed by atoms with Gasteiger partial charge >= 0.3 is 5.97 Å². The molecule has 16 heteroatoms. The van der Waals surface area contributed by atoms with Crippen LogP contribution in [0.2, 0.25) is 0 Å². The zero-order valence-electron chi connectivity index (χ0n) is 22.6. The van der Waals surface area contributed by atoms with Gasteiger partial charge in [0.25, 0.3) is 5.91 Å². The second-order valence-corrected chi connectivity index (χ2v) is 9.53. The smallest absolute Gasteiger partial charge is 0.305 e. The van der Waals surface area contributed by atoms with Gasteiger partial charge in [-0.05, 0) is 30.9 Å². The number of hydrogen-bond donors (Lipinski definition) is 7. The summed E-state index contributed by atoms with van der Waals surface area (Å²) in [5.41, 5.74) is 10.7. The second-order valence-electron chi connectivity index (χ2n) is 9.53. The number of fused-ring (bicyclic) bond motifs is 2. The summed E-state index contributed by atoms with van der Waals surface area (Å²) >= 11 is 0. The highest BCUT2D eigenvalue weighted by Crippen LogP contribution is 2.15. The highest BCUT2D eigenvalue weighted by molar-refractivity contribution is 5.97. The Morgan fingerprint density at radius 3 is 2.40 bits per heavy atom. The molecule has 1 aromatic heterocycles. The summed E-state index contributed by atoms with van der Waals surface area (Å²) in [5, 5.41) is 19.0. The van der Waals surface area contributed by atoms with E-state index in [-0.39, 0.29) is 42.9 Å². The molecule has 0 unspecified atom stereocenters. The molecule has 40 heavy (non-hydrogen) atoms. The minimum absolute atomic E-state index is 0.108. The number of furan rings is 1. The van der Waals surface area contributed by atoms with E-state index in [1.165, 1.54) is 24.1 Å². The van der Waals surface area contributed by atoms with Crippen molar-refractivity contribution in [3.8, 4) is 0 Å². The lowest BCUT2D eigenvalue weighted by atomic mass is 10.0. The molecule has 220 valence electrons. The lowest BCUT2D eigenvalue weighted by molar-refractivity contribution is -0.142. The van der Waals surface area contributed by atoms with Gasteiger partial charge in [-0.1, -0.05) is 13.8 Å². The number of nitrogens with zero attached hydrogens (tertiary/aromatic N) is 2. The molecule has 0 aliphatic carbocycles. The van der Waals surface area contributed by atoms with E-state index >= 15 is 0 Å². The van der Waals surface area contributed by atoms with E-state index < -0.39 is 66.6 Å². The van der Waals surface area contributed by atoms with Crippen molar-refractivity contribution in [3.05, 3.63) is 23.7 Å². The Labute approximate surface area is 230 Å². The number of hydrogen-bond acceptors (Lipinski definition) is 8. The van der Waals surface area contributed by atoms with Crippen LogP contribution in [-0.4, -0.2) is 89.7 Å². The van der Waals surface area contributed by atoms with Gasteiger partial charge < -0.3 is 47.2 Å². The van der Waals surface area contributed by atoms with Crippen LogP contribution in [-0.2, 0) is 30.5 Å². The van der Waals surface area contributed by atoms with Crippen molar-refractivity contribution in [2.45, 2.75) is 57.8 Å². The third-order valence-electron chi connectivity index (χ3n) is 6.04. The van der Waals surface area contributed by atoms with E-state index in [1.807, 2.05) is 0 Å². The van der Waals surface area contributed by atoms with Crippen molar-refractivity contribution in [1.82, 2.24) is 26.2 Å². The Bertz CT molecular complexity index is 1140. The van der Waals surface area contributed by atoms with Crippen molar-refractivity contribution in [1.29, 1.82) is 0 Å². The van der Waals surface area contributed by atoms with E-state index in [1.54, 1.807) is 13.8 Å². The quantitative estimate of drug-likeness (QED) is 0.105. The van der Waals surface area contributed by atoms with E-state index in [2.05, 4.69) is 26.3 Å². The Kier molecular flexibility index (Phi) is 11.5. The van der Waals surface area contributed by atoms with E-state index in [0.29, 0.717) is 6.42 Å². The van der Waals surface area contributed by atoms with E-state index in [9.17, 15) is 33.9 Å². The number of amides is 5. The molecule has 2 bridgehead atoms. The van der Waals surface area contributed by atoms with Gasteiger partial charge in [-0.25, -0.2) is 0 Å². The van der Waals surface area contributed by atoms with Crippen LogP contribution in [0, 0.1) is 5.92 Å². The average molecular weight is 565 g/mol. The molecule has 1 aliphatic heterocycles. The summed E-state index contributed by atoms with van der Waals surface area (Å²) in [7, 11) is 1.39. The van der Waals surface area contributed by atoms with Crippen LogP contribution >= 0.6 is 0 Å². The lowest BCUT2D eigenvalue weighted by Gasteiger charge is -2.32. The maximum atomic E-state index is 13.5. The molecule has 1 aromatic rings. The Morgan fingerprint density at radius 1 is 1.10 bits per heavy atom. The maximum Gasteiger partial charge on any atom is 0.305 e. The summed E-state index contributed by atoms with van der Waals surface area (Å²) in [5.74, 6) is -5.39. The van der Waals surface area contributed by atoms with Gasteiger partial charge in [-0.15, -0.1) is 0 Å². The summed E-state index contributed by atoms with van der Waals surface area (Å²) in [6, 6.07) is -0.781. The molecule has 2 heterocycles. The van der Waals surface area contributed by atoms with Crippen LogP contribution in [0.1, 0.15) is 49.4 Å². The van der Waals surface area contributed by atoms with Crippen molar-refractivity contribution < 1.29 is 38.3 Å². The van der Waals surface area contributed by atoms with Crippen molar-refractivity contribution in [2.24, 2.45) is 22.4 Å². The number of carbonyl (C=O) groups is 6. The molecule has 0 saturated heterocycles. The summed E-state index contributed by atoms with van der Waals surface area (Å²) in [4.78, 5) is 81.0. The second kappa shape index (κ2) is 14.5. The topological polar surface area (TPSA) is 252 Å². The predicted octanol–water partition coefficient (Wildman–Crippen LogP) is -2.38. The summed E-state index contributed by atoms with van der Waals surface area (Å²) in [6.07, 6.45) is -0.316. The van der Waals surface area contributed by atoms with Gasteiger partial charge in [-0.2, -0.15) is 0 Å². The molecule has 0 saturated carbocycles. The number of nitrogens with one attached hydrogen (secondary N) is 4. The minimum atomic E-state index is -1.45. The van der Waals surface area contributed by atoms with Crippen LogP contribution < -0.4 is 32.7 Å². The number of rotatable bonds is 7. The maximum absolute atomic E-state index is 13.5. The van der Waals surface area contributed by atoms with Gasteiger partial charge in [0, 0.05) is 13.6 Å². The molecule has 2 rings (SSSR count). The first-order chi connectivity index (χ1) is 18.8. The minimum Gasteiger partial charge on any atom is -0.481 e.